The molecule has 0 atom stereocenters. The second kappa shape index (κ2) is 8.51. The van der Waals surface area contributed by atoms with Crippen molar-refractivity contribution in [3.05, 3.63) is 76.9 Å². The number of benzene rings is 1. The van der Waals surface area contributed by atoms with Gasteiger partial charge in [-0.15, -0.1) is 10.2 Å². The molecule has 4 aromatic rings. The van der Waals surface area contributed by atoms with Crippen LogP contribution in [0.25, 0.3) is 17.1 Å². The average molecular weight is 432 g/mol. The Balaban J connectivity index is 1.72. The number of pyridine rings is 1. The van der Waals surface area contributed by atoms with E-state index in [-0.39, 0.29) is 5.78 Å². The molecule has 3 aromatic heterocycles. The Labute approximate surface area is 186 Å². The molecular weight excluding hydrogens is 406 g/mol. The van der Waals surface area contributed by atoms with Gasteiger partial charge in [0.25, 0.3) is 0 Å². The predicted molar refractivity (Wildman–Crippen MR) is 124 cm³/mol. The third-order valence-corrected chi connectivity index (χ3v) is 6.48. The van der Waals surface area contributed by atoms with Crippen molar-refractivity contribution >= 4 is 17.5 Å². The van der Waals surface area contributed by atoms with E-state index in [9.17, 15) is 4.79 Å². The number of aryl methyl sites for hydroxylation is 3. The summed E-state index contributed by atoms with van der Waals surface area (Å²) in [6.45, 7) is 8.13. The summed E-state index contributed by atoms with van der Waals surface area (Å²) in [7, 11) is 1.98. The molecule has 0 bridgehead atoms. The molecule has 0 N–H and O–H groups in total. The maximum absolute atomic E-state index is 12.9. The Hall–Kier alpha value is -3.19. The normalized spacial score (nSPS) is 11.1. The van der Waals surface area contributed by atoms with Gasteiger partial charge in [-0.1, -0.05) is 29.5 Å². The van der Waals surface area contributed by atoms with Crippen LogP contribution < -0.4 is 0 Å². The molecule has 7 heteroatoms. The first kappa shape index (κ1) is 21.1. The minimum absolute atomic E-state index is 0.0873. The van der Waals surface area contributed by atoms with Gasteiger partial charge in [-0.3, -0.25) is 14.3 Å². The second-order valence-electron chi connectivity index (χ2n) is 7.73. The second-order valence-corrected chi connectivity index (χ2v) is 8.67. The van der Waals surface area contributed by atoms with Crippen molar-refractivity contribution in [3.8, 4) is 17.1 Å². The van der Waals surface area contributed by atoms with E-state index in [4.69, 9.17) is 0 Å². The van der Waals surface area contributed by atoms with Gasteiger partial charge in [-0.2, -0.15) is 0 Å². The topological polar surface area (TPSA) is 65.6 Å². The van der Waals surface area contributed by atoms with Crippen LogP contribution in [0.15, 0.2) is 53.9 Å². The number of aromatic nitrogens is 5. The lowest BCUT2D eigenvalue weighted by atomic mass is 10.1. The van der Waals surface area contributed by atoms with Gasteiger partial charge >= 0.3 is 0 Å². The summed E-state index contributed by atoms with van der Waals surface area (Å²) in [6, 6.07) is 12.1. The molecule has 0 saturated carbocycles. The summed E-state index contributed by atoms with van der Waals surface area (Å²) < 4.78 is 4.06. The van der Waals surface area contributed by atoms with Crippen molar-refractivity contribution in [1.29, 1.82) is 0 Å². The summed E-state index contributed by atoms with van der Waals surface area (Å²) in [4.78, 5) is 17.2. The zero-order valence-corrected chi connectivity index (χ0v) is 19.2. The lowest BCUT2D eigenvalue weighted by Crippen LogP contribution is -2.07. The average Bonchev–Trinajstić information content (AvgIpc) is 3.29. The minimum Gasteiger partial charge on any atom is -0.351 e. The molecule has 0 saturated heterocycles. The summed E-state index contributed by atoms with van der Waals surface area (Å²) in [5.74, 6) is 1.09. The molecule has 6 nitrogen and oxygen atoms in total. The fourth-order valence-electron chi connectivity index (χ4n) is 3.66. The first-order valence-electron chi connectivity index (χ1n) is 10.1. The van der Waals surface area contributed by atoms with E-state index in [0.29, 0.717) is 16.7 Å². The number of thioether (sulfide) groups is 1. The van der Waals surface area contributed by atoms with Crippen LogP contribution in [0.5, 0.6) is 0 Å². The smallest absolute Gasteiger partial charge is 0.196 e. The maximum Gasteiger partial charge on any atom is 0.196 e. The van der Waals surface area contributed by atoms with Gasteiger partial charge in [0.1, 0.15) is 0 Å². The molecule has 0 unspecified atom stereocenters. The maximum atomic E-state index is 12.9. The third-order valence-electron chi connectivity index (χ3n) is 5.55. The highest BCUT2D eigenvalue weighted by atomic mass is 32.2. The molecule has 0 amide bonds. The van der Waals surface area contributed by atoms with Crippen LogP contribution in [0.3, 0.4) is 0 Å². The van der Waals surface area contributed by atoms with E-state index in [0.717, 1.165) is 33.8 Å². The molecular formula is C24H25N5OS. The van der Waals surface area contributed by atoms with E-state index in [1.807, 2.05) is 48.2 Å². The SMILES string of the molecule is Cc1ccc(-n2c(SCC(=O)c3cc(C)n(C)c3C)nnc2-c2cccnc2)c(C)c1. The Bertz CT molecular complexity index is 1260. The number of ketones is 1. The monoisotopic (exact) mass is 431 g/mol. The van der Waals surface area contributed by atoms with Crippen molar-refractivity contribution in [2.24, 2.45) is 7.05 Å². The summed E-state index contributed by atoms with van der Waals surface area (Å²) >= 11 is 1.41. The van der Waals surface area contributed by atoms with Gasteiger partial charge in [-0.05, 0) is 57.5 Å². The zero-order valence-electron chi connectivity index (χ0n) is 18.4. The fourth-order valence-corrected chi connectivity index (χ4v) is 4.49. The van der Waals surface area contributed by atoms with Gasteiger partial charge in [0.05, 0.1) is 11.4 Å². The highest BCUT2D eigenvalue weighted by Gasteiger charge is 2.20. The quantitative estimate of drug-likeness (QED) is 0.322. The summed E-state index contributed by atoms with van der Waals surface area (Å²) in [5, 5.41) is 9.57. The van der Waals surface area contributed by atoms with E-state index >= 15 is 0 Å². The zero-order chi connectivity index (χ0) is 22.1. The van der Waals surface area contributed by atoms with Gasteiger partial charge in [0.2, 0.25) is 0 Å². The molecule has 1 aromatic carbocycles. The first-order valence-corrected chi connectivity index (χ1v) is 11.1. The van der Waals surface area contributed by atoms with Gasteiger partial charge in [-0.25, -0.2) is 0 Å². The molecule has 0 aliphatic rings. The Kier molecular flexibility index (Phi) is 5.78. The number of carbonyl (C=O) groups excluding carboxylic acids is 1. The highest BCUT2D eigenvalue weighted by Crippen LogP contribution is 2.30. The standard InChI is InChI=1S/C24H25N5OS/c1-15-8-9-21(16(2)11-15)29-23(19-7-6-10-25-13-19)26-27-24(29)31-14-22(30)20-12-17(3)28(5)18(20)4/h6-13H,14H2,1-5H3. The van der Waals surface area contributed by atoms with Crippen molar-refractivity contribution in [1.82, 2.24) is 24.3 Å². The molecule has 3 heterocycles. The minimum atomic E-state index is 0.0873. The highest BCUT2D eigenvalue weighted by molar-refractivity contribution is 7.99. The Morgan fingerprint density at radius 2 is 1.87 bits per heavy atom. The van der Waals surface area contributed by atoms with Crippen LogP contribution in [0, 0.1) is 27.7 Å². The van der Waals surface area contributed by atoms with Crippen molar-refractivity contribution in [2.45, 2.75) is 32.9 Å². The van der Waals surface area contributed by atoms with E-state index in [1.165, 1.54) is 17.3 Å². The first-order chi connectivity index (χ1) is 14.9. The van der Waals surface area contributed by atoms with E-state index < -0.39 is 0 Å². The number of rotatable bonds is 6. The number of Topliss-reactive ketones (excluding diaryl/α,β-unsaturated/α-hetero) is 1. The lowest BCUT2D eigenvalue weighted by molar-refractivity contribution is 0.102. The Morgan fingerprint density at radius 1 is 1.06 bits per heavy atom. The van der Waals surface area contributed by atoms with Crippen molar-refractivity contribution in [3.63, 3.8) is 0 Å². The van der Waals surface area contributed by atoms with E-state index in [2.05, 4.69) is 47.2 Å². The lowest BCUT2D eigenvalue weighted by Gasteiger charge is -2.13. The van der Waals surface area contributed by atoms with Gasteiger partial charge in [0, 0.05) is 42.0 Å². The molecule has 158 valence electrons. The van der Waals surface area contributed by atoms with Crippen LogP contribution in [0.1, 0.15) is 32.9 Å². The molecule has 4 rings (SSSR count). The van der Waals surface area contributed by atoms with Gasteiger partial charge < -0.3 is 4.57 Å². The van der Waals surface area contributed by atoms with Crippen LogP contribution in [0.2, 0.25) is 0 Å². The number of nitrogens with zero attached hydrogens (tertiary/aromatic N) is 5. The van der Waals surface area contributed by atoms with Crippen molar-refractivity contribution in [2.75, 3.05) is 5.75 Å². The predicted octanol–water partition coefficient (Wildman–Crippen LogP) is 4.88. The summed E-state index contributed by atoms with van der Waals surface area (Å²) in [5.41, 5.74) is 7.00. The number of hydrogen-bond acceptors (Lipinski definition) is 5. The largest absolute Gasteiger partial charge is 0.351 e. The van der Waals surface area contributed by atoms with Crippen LogP contribution in [-0.4, -0.2) is 35.9 Å². The third kappa shape index (κ3) is 4.05. The molecule has 0 aliphatic carbocycles. The molecule has 0 aliphatic heterocycles. The molecule has 0 spiro atoms. The number of hydrogen-bond donors (Lipinski definition) is 0. The van der Waals surface area contributed by atoms with E-state index in [1.54, 1.807) is 12.4 Å². The fraction of sp³-hybridized carbons (Fsp3) is 0.250. The van der Waals surface area contributed by atoms with Crippen LogP contribution >= 0.6 is 11.8 Å². The van der Waals surface area contributed by atoms with Crippen molar-refractivity contribution < 1.29 is 4.79 Å². The molecule has 31 heavy (non-hydrogen) atoms. The summed E-state index contributed by atoms with van der Waals surface area (Å²) in [6.07, 6.45) is 3.51. The number of carbonyl (C=O) groups is 1. The molecule has 0 radical (unpaired) electrons. The van der Waals surface area contributed by atoms with Crippen LogP contribution in [0.4, 0.5) is 0 Å². The molecule has 0 fully saturated rings. The van der Waals surface area contributed by atoms with Gasteiger partial charge in [0.15, 0.2) is 16.8 Å². The van der Waals surface area contributed by atoms with Crippen LogP contribution in [-0.2, 0) is 7.05 Å². The Morgan fingerprint density at radius 3 is 2.52 bits per heavy atom.